The first kappa shape index (κ1) is 11.7. The number of esters is 1. The quantitative estimate of drug-likeness (QED) is 0.690. The van der Waals surface area contributed by atoms with E-state index in [9.17, 15) is 9.59 Å². The number of hydrogen-bond acceptors (Lipinski definition) is 5. The van der Waals surface area contributed by atoms with Crippen molar-refractivity contribution in [3.63, 3.8) is 0 Å². The molecule has 0 bridgehead atoms. The van der Waals surface area contributed by atoms with Gasteiger partial charge in [-0.1, -0.05) is 6.92 Å². The van der Waals surface area contributed by atoms with Crippen LogP contribution in [-0.2, 0) is 19.1 Å². The lowest BCUT2D eigenvalue weighted by Crippen LogP contribution is -2.44. The van der Waals surface area contributed by atoms with Gasteiger partial charge in [0.2, 0.25) is 5.78 Å². The summed E-state index contributed by atoms with van der Waals surface area (Å²) in [5.74, 6) is -2.04. The van der Waals surface area contributed by atoms with Crippen molar-refractivity contribution in [2.24, 2.45) is 5.73 Å². The molecule has 2 unspecified atom stereocenters. The molecule has 0 aromatic heterocycles. The van der Waals surface area contributed by atoms with Gasteiger partial charge in [-0.25, -0.2) is 0 Å². The minimum Gasteiger partial charge on any atom is -0.450 e. The number of carbonyl (C=O) groups is 2. The highest BCUT2D eigenvalue weighted by atomic mass is 16.7. The molecule has 84 valence electrons. The molecule has 1 aliphatic heterocycles. The number of nitrogens with two attached hydrogens (primary N) is 1. The van der Waals surface area contributed by atoms with Gasteiger partial charge in [-0.2, -0.15) is 0 Å². The summed E-state index contributed by atoms with van der Waals surface area (Å²) < 4.78 is 10.2. The molecule has 1 rings (SSSR count). The highest BCUT2D eigenvalue weighted by Crippen LogP contribution is 2.29. The number of allylic oxidation sites excluding steroid dienone is 1. The summed E-state index contributed by atoms with van der Waals surface area (Å²) in [7, 11) is 0. The number of rotatable bonds is 3. The molecule has 0 spiro atoms. The first-order valence-corrected chi connectivity index (χ1v) is 4.81. The van der Waals surface area contributed by atoms with E-state index < -0.39 is 17.8 Å². The number of ketones is 1. The Balaban J connectivity index is 2.81. The van der Waals surface area contributed by atoms with Crippen molar-refractivity contribution in [1.29, 1.82) is 0 Å². The molecule has 0 aliphatic carbocycles. The number of ether oxygens (including phenoxy) is 2. The lowest BCUT2D eigenvalue weighted by Gasteiger charge is -2.26. The molecular formula is C10H15NO4. The lowest BCUT2D eigenvalue weighted by molar-refractivity contribution is -0.208. The maximum atomic E-state index is 11.6. The maximum absolute atomic E-state index is 11.6. The minimum atomic E-state index is -1.49. The van der Waals surface area contributed by atoms with Crippen LogP contribution in [0.3, 0.4) is 0 Å². The first-order chi connectivity index (χ1) is 6.91. The number of hydrogen-bond donors (Lipinski definition) is 1. The van der Waals surface area contributed by atoms with Crippen molar-refractivity contribution in [1.82, 2.24) is 0 Å². The van der Waals surface area contributed by atoms with Gasteiger partial charge in [0, 0.05) is 12.5 Å². The van der Waals surface area contributed by atoms with Crippen LogP contribution in [0.25, 0.3) is 0 Å². The van der Waals surface area contributed by atoms with Crippen LogP contribution in [-0.4, -0.2) is 23.6 Å². The second kappa shape index (κ2) is 4.02. The van der Waals surface area contributed by atoms with Gasteiger partial charge in [0.25, 0.3) is 0 Å². The van der Waals surface area contributed by atoms with Crippen molar-refractivity contribution in [2.75, 3.05) is 0 Å². The average molecular weight is 213 g/mol. The van der Waals surface area contributed by atoms with Gasteiger partial charge < -0.3 is 15.2 Å². The molecule has 0 aromatic carbocycles. The average Bonchev–Trinajstić information content (AvgIpc) is 2.42. The summed E-state index contributed by atoms with van der Waals surface area (Å²) in [6.45, 7) is 4.83. The Morgan fingerprint density at radius 3 is 2.67 bits per heavy atom. The molecule has 5 heteroatoms. The van der Waals surface area contributed by atoms with Crippen molar-refractivity contribution in [2.45, 2.75) is 39.0 Å². The van der Waals surface area contributed by atoms with Gasteiger partial charge in [0.15, 0.2) is 0 Å². The molecule has 1 heterocycles. The standard InChI is InChI=1S/C10H15NO4/c1-4-10(15-9(13)7(3)11)8(12)5-6(2)14-10/h5,7H,4,11H2,1-3H3. The smallest absolute Gasteiger partial charge is 0.326 e. The predicted molar refractivity (Wildman–Crippen MR) is 52.6 cm³/mol. The monoisotopic (exact) mass is 213 g/mol. The zero-order valence-corrected chi connectivity index (χ0v) is 9.07. The fraction of sp³-hybridized carbons (Fsp3) is 0.600. The SMILES string of the molecule is CCC1(OC(=O)C(C)N)OC(C)=CC1=O. The summed E-state index contributed by atoms with van der Waals surface area (Å²) in [5.41, 5.74) is 5.35. The molecule has 15 heavy (non-hydrogen) atoms. The van der Waals surface area contributed by atoms with E-state index in [0.717, 1.165) is 0 Å². The van der Waals surface area contributed by atoms with Crippen LogP contribution in [0.5, 0.6) is 0 Å². The molecule has 2 atom stereocenters. The van der Waals surface area contributed by atoms with Crippen molar-refractivity contribution >= 4 is 11.8 Å². The first-order valence-electron chi connectivity index (χ1n) is 4.81. The molecule has 2 N–H and O–H groups in total. The fourth-order valence-corrected chi connectivity index (χ4v) is 1.28. The third-order valence-corrected chi connectivity index (χ3v) is 2.14. The normalized spacial score (nSPS) is 26.9. The Morgan fingerprint density at radius 1 is 1.73 bits per heavy atom. The van der Waals surface area contributed by atoms with Crippen LogP contribution in [0, 0.1) is 0 Å². The largest absolute Gasteiger partial charge is 0.450 e. The van der Waals surface area contributed by atoms with E-state index in [2.05, 4.69) is 0 Å². The van der Waals surface area contributed by atoms with Gasteiger partial charge in [0.05, 0.1) is 0 Å². The van der Waals surface area contributed by atoms with Gasteiger partial charge >= 0.3 is 11.8 Å². The van der Waals surface area contributed by atoms with Gasteiger partial charge in [-0.05, 0) is 13.8 Å². The highest BCUT2D eigenvalue weighted by Gasteiger charge is 2.46. The third kappa shape index (κ3) is 2.18. The summed E-state index contributed by atoms with van der Waals surface area (Å²) in [5, 5.41) is 0. The van der Waals surface area contributed by atoms with E-state index in [0.29, 0.717) is 5.76 Å². The maximum Gasteiger partial charge on any atom is 0.326 e. The van der Waals surface area contributed by atoms with Crippen LogP contribution < -0.4 is 5.73 Å². The molecule has 0 saturated heterocycles. The zero-order valence-electron chi connectivity index (χ0n) is 9.07. The third-order valence-electron chi connectivity index (χ3n) is 2.14. The Bertz CT molecular complexity index is 321. The molecule has 1 aliphatic rings. The van der Waals surface area contributed by atoms with E-state index in [1.807, 2.05) is 0 Å². The highest BCUT2D eigenvalue weighted by molar-refractivity contribution is 5.99. The molecule has 0 aromatic rings. The van der Waals surface area contributed by atoms with E-state index in [4.69, 9.17) is 15.2 Å². The van der Waals surface area contributed by atoms with Crippen LogP contribution >= 0.6 is 0 Å². The Hall–Kier alpha value is -1.36. The zero-order chi connectivity index (χ0) is 11.6. The summed E-state index contributed by atoms with van der Waals surface area (Å²) >= 11 is 0. The van der Waals surface area contributed by atoms with Crippen LogP contribution in [0.2, 0.25) is 0 Å². The Kier molecular flexibility index (Phi) is 3.14. The van der Waals surface area contributed by atoms with Crippen molar-refractivity contribution < 1.29 is 19.1 Å². The summed E-state index contributed by atoms with van der Waals surface area (Å²) in [6, 6.07) is -0.772. The minimum absolute atomic E-state index is 0.262. The van der Waals surface area contributed by atoms with Gasteiger partial charge in [0.1, 0.15) is 11.8 Å². The molecular weight excluding hydrogens is 198 g/mol. The van der Waals surface area contributed by atoms with Gasteiger partial charge in [-0.3, -0.25) is 9.59 Å². The molecule has 0 amide bonds. The number of carbonyl (C=O) groups excluding carboxylic acids is 2. The topological polar surface area (TPSA) is 78.6 Å². The van der Waals surface area contributed by atoms with Crippen LogP contribution in [0.4, 0.5) is 0 Å². The molecule has 0 fully saturated rings. The van der Waals surface area contributed by atoms with E-state index >= 15 is 0 Å². The van der Waals surface area contributed by atoms with E-state index in [1.165, 1.54) is 13.0 Å². The second-order valence-electron chi connectivity index (χ2n) is 3.54. The Morgan fingerprint density at radius 2 is 2.33 bits per heavy atom. The van der Waals surface area contributed by atoms with E-state index in [-0.39, 0.29) is 12.2 Å². The molecule has 0 saturated carbocycles. The predicted octanol–water partition coefficient (Wildman–Crippen LogP) is 0.486. The van der Waals surface area contributed by atoms with Crippen LogP contribution in [0.15, 0.2) is 11.8 Å². The lowest BCUT2D eigenvalue weighted by atomic mass is 10.1. The second-order valence-corrected chi connectivity index (χ2v) is 3.54. The molecule has 0 radical (unpaired) electrons. The van der Waals surface area contributed by atoms with Crippen LogP contribution in [0.1, 0.15) is 27.2 Å². The fourth-order valence-electron chi connectivity index (χ4n) is 1.28. The Labute approximate surface area is 88.2 Å². The van der Waals surface area contributed by atoms with E-state index in [1.54, 1.807) is 13.8 Å². The molecule has 5 nitrogen and oxygen atoms in total. The van der Waals surface area contributed by atoms with Crippen molar-refractivity contribution in [3.05, 3.63) is 11.8 Å². The van der Waals surface area contributed by atoms with Gasteiger partial charge in [-0.15, -0.1) is 0 Å². The summed E-state index contributed by atoms with van der Waals surface area (Å²) in [4.78, 5) is 22.9. The van der Waals surface area contributed by atoms with Crippen molar-refractivity contribution in [3.8, 4) is 0 Å². The summed E-state index contributed by atoms with van der Waals surface area (Å²) in [6.07, 6.45) is 1.58.